The molecule has 22 heavy (non-hydrogen) atoms. The number of benzene rings is 2. The third-order valence-electron chi connectivity index (χ3n) is 3.83. The predicted octanol–water partition coefficient (Wildman–Crippen LogP) is 4.81. The molecule has 1 heterocycles. The summed E-state index contributed by atoms with van der Waals surface area (Å²) in [6.07, 6.45) is 2.19. The minimum Gasteiger partial charge on any atom is -0.497 e. The topological polar surface area (TPSA) is 23.4 Å². The maximum Gasteiger partial charge on any atom is 0.120 e. The van der Waals surface area contributed by atoms with Gasteiger partial charge in [0, 0.05) is 28.7 Å². The average Bonchev–Trinajstić information content (AvgIpc) is 2.92. The molecule has 0 fully saturated rings. The summed E-state index contributed by atoms with van der Waals surface area (Å²) in [7, 11) is 1.66. The molecule has 3 heteroatoms. The Balaban J connectivity index is 1.84. The van der Waals surface area contributed by atoms with Crippen molar-refractivity contribution in [2.45, 2.75) is 26.5 Å². The fourth-order valence-electron chi connectivity index (χ4n) is 2.65. The van der Waals surface area contributed by atoms with Crippen LogP contribution in [0.25, 0.3) is 10.9 Å². The molecule has 0 aliphatic carbocycles. The zero-order valence-corrected chi connectivity index (χ0v) is 13.2. The Morgan fingerprint density at radius 1 is 0.955 bits per heavy atom. The van der Waals surface area contributed by atoms with E-state index in [4.69, 9.17) is 9.47 Å². The normalized spacial score (nSPS) is 11.1. The fraction of sp³-hybridized carbons (Fsp3) is 0.263. The van der Waals surface area contributed by atoms with E-state index in [1.54, 1.807) is 7.11 Å². The summed E-state index contributed by atoms with van der Waals surface area (Å²) in [5, 5.41) is 1.25. The molecular formula is C19H21NO2. The van der Waals surface area contributed by atoms with E-state index in [1.165, 1.54) is 16.5 Å². The van der Waals surface area contributed by atoms with E-state index >= 15 is 0 Å². The fourth-order valence-corrected chi connectivity index (χ4v) is 2.65. The van der Waals surface area contributed by atoms with Gasteiger partial charge in [-0.3, -0.25) is 0 Å². The van der Waals surface area contributed by atoms with Gasteiger partial charge in [0.25, 0.3) is 0 Å². The van der Waals surface area contributed by atoms with Crippen molar-refractivity contribution in [2.75, 3.05) is 7.11 Å². The molecule has 0 aliphatic rings. The Morgan fingerprint density at radius 3 is 2.32 bits per heavy atom. The van der Waals surface area contributed by atoms with E-state index in [-0.39, 0.29) is 0 Å². The molecule has 3 nitrogen and oxygen atoms in total. The van der Waals surface area contributed by atoms with Gasteiger partial charge in [0.05, 0.1) is 7.11 Å². The van der Waals surface area contributed by atoms with Crippen LogP contribution in [0.3, 0.4) is 0 Å². The van der Waals surface area contributed by atoms with Crippen LogP contribution in [0, 0.1) is 0 Å². The first kappa shape index (κ1) is 14.5. The number of hydrogen-bond donors (Lipinski definition) is 0. The molecular weight excluding hydrogens is 274 g/mol. The molecule has 3 aromatic rings. The number of para-hydroxylation sites is 1. The monoisotopic (exact) mass is 295 g/mol. The maximum absolute atomic E-state index is 5.92. The molecule has 0 bridgehead atoms. The van der Waals surface area contributed by atoms with E-state index in [1.807, 2.05) is 24.3 Å². The van der Waals surface area contributed by atoms with Gasteiger partial charge in [0.2, 0.25) is 0 Å². The summed E-state index contributed by atoms with van der Waals surface area (Å²) < 4.78 is 13.4. The van der Waals surface area contributed by atoms with Gasteiger partial charge < -0.3 is 14.0 Å². The second-order valence-electron chi connectivity index (χ2n) is 5.64. The summed E-state index contributed by atoms with van der Waals surface area (Å²) in [5.41, 5.74) is 2.46. The van der Waals surface area contributed by atoms with E-state index < -0.39 is 0 Å². The average molecular weight is 295 g/mol. The first-order valence-electron chi connectivity index (χ1n) is 7.54. The highest BCUT2D eigenvalue weighted by Gasteiger charge is 2.10. The number of fused-ring (bicyclic) bond motifs is 1. The summed E-state index contributed by atoms with van der Waals surface area (Å²) in [6.45, 7) is 4.95. The number of methoxy groups -OCH3 is 1. The van der Waals surface area contributed by atoms with Gasteiger partial charge in [0.15, 0.2) is 0 Å². The third-order valence-corrected chi connectivity index (χ3v) is 3.83. The molecule has 0 radical (unpaired) electrons. The van der Waals surface area contributed by atoms with Gasteiger partial charge in [-0.15, -0.1) is 0 Å². The second kappa shape index (κ2) is 6.14. The molecule has 114 valence electrons. The highest BCUT2D eigenvalue weighted by atomic mass is 16.5. The van der Waals surface area contributed by atoms with Crippen molar-refractivity contribution in [1.29, 1.82) is 0 Å². The molecule has 0 atom stereocenters. The van der Waals surface area contributed by atoms with Gasteiger partial charge >= 0.3 is 0 Å². The number of aromatic nitrogens is 1. The van der Waals surface area contributed by atoms with E-state index in [0.29, 0.717) is 12.6 Å². The lowest BCUT2D eigenvalue weighted by atomic mass is 10.2. The van der Waals surface area contributed by atoms with Gasteiger partial charge in [-0.2, -0.15) is 0 Å². The predicted molar refractivity (Wildman–Crippen MR) is 89.6 cm³/mol. The zero-order chi connectivity index (χ0) is 15.5. The summed E-state index contributed by atoms with van der Waals surface area (Å²) in [6, 6.07) is 16.6. The van der Waals surface area contributed by atoms with Crippen molar-refractivity contribution in [2.24, 2.45) is 0 Å². The Kier molecular flexibility index (Phi) is 4.05. The molecule has 2 aromatic carbocycles. The molecule has 0 unspecified atom stereocenters. The van der Waals surface area contributed by atoms with Crippen molar-refractivity contribution < 1.29 is 9.47 Å². The number of ether oxygens (including phenoxy) is 2. The van der Waals surface area contributed by atoms with Crippen molar-refractivity contribution in [3.05, 3.63) is 60.3 Å². The van der Waals surface area contributed by atoms with Crippen LogP contribution in [0.1, 0.15) is 25.5 Å². The van der Waals surface area contributed by atoms with Gasteiger partial charge in [-0.05, 0) is 44.2 Å². The van der Waals surface area contributed by atoms with Crippen LogP contribution in [0.4, 0.5) is 0 Å². The molecule has 0 N–H and O–H groups in total. The maximum atomic E-state index is 5.92. The minimum atomic E-state index is 0.430. The van der Waals surface area contributed by atoms with Crippen molar-refractivity contribution >= 4 is 10.9 Å². The Hall–Kier alpha value is -2.42. The molecule has 0 spiro atoms. The quantitative estimate of drug-likeness (QED) is 0.674. The van der Waals surface area contributed by atoms with Crippen LogP contribution >= 0.6 is 0 Å². The van der Waals surface area contributed by atoms with Crippen LogP contribution in [0.15, 0.2) is 54.7 Å². The Morgan fingerprint density at radius 2 is 1.64 bits per heavy atom. The van der Waals surface area contributed by atoms with E-state index in [0.717, 1.165) is 11.5 Å². The largest absolute Gasteiger partial charge is 0.497 e. The third kappa shape index (κ3) is 2.80. The first-order valence-corrected chi connectivity index (χ1v) is 7.54. The van der Waals surface area contributed by atoms with Crippen molar-refractivity contribution in [1.82, 2.24) is 4.57 Å². The van der Waals surface area contributed by atoms with Crippen LogP contribution in [0.5, 0.6) is 11.5 Å². The molecule has 0 amide bonds. The number of nitrogens with zero attached hydrogens (tertiary/aromatic N) is 1. The molecule has 0 saturated carbocycles. The zero-order valence-electron chi connectivity index (χ0n) is 13.2. The van der Waals surface area contributed by atoms with Gasteiger partial charge in [-0.25, -0.2) is 0 Å². The molecule has 1 aromatic heterocycles. The van der Waals surface area contributed by atoms with Gasteiger partial charge in [0.1, 0.15) is 18.1 Å². The SMILES string of the molecule is COc1ccc(OCc2cn(C(C)C)c3ccccc23)cc1. The standard InChI is InChI=1S/C19H21NO2/c1-14(2)20-12-15(18-6-4-5-7-19(18)20)13-22-17-10-8-16(21-3)9-11-17/h4-12,14H,13H2,1-3H3. The number of rotatable bonds is 5. The van der Waals surface area contributed by atoms with E-state index in [9.17, 15) is 0 Å². The minimum absolute atomic E-state index is 0.430. The first-order chi connectivity index (χ1) is 10.7. The summed E-state index contributed by atoms with van der Waals surface area (Å²) >= 11 is 0. The van der Waals surface area contributed by atoms with Crippen LogP contribution in [-0.4, -0.2) is 11.7 Å². The lowest BCUT2D eigenvalue weighted by Gasteiger charge is -2.08. The lowest BCUT2D eigenvalue weighted by molar-refractivity contribution is 0.306. The van der Waals surface area contributed by atoms with Crippen LogP contribution < -0.4 is 9.47 Å². The number of hydrogen-bond acceptors (Lipinski definition) is 2. The highest BCUT2D eigenvalue weighted by Crippen LogP contribution is 2.26. The Bertz CT molecular complexity index is 757. The smallest absolute Gasteiger partial charge is 0.120 e. The molecule has 0 aliphatic heterocycles. The molecule has 3 rings (SSSR count). The summed E-state index contributed by atoms with van der Waals surface area (Å²) in [5.74, 6) is 1.69. The lowest BCUT2D eigenvalue weighted by Crippen LogP contribution is -1.98. The van der Waals surface area contributed by atoms with Crippen LogP contribution in [0.2, 0.25) is 0 Å². The van der Waals surface area contributed by atoms with E-state index in [2.05, 4.69) is 48.9 Å². The van der Waals surface area contributed by atoms with Crippen molar-refractivity contribution in [3.8, 4) is 11.5 Å². The van der Waals surface area contributed by atoms with Crippen LogP contribution in [-0.2, 0) is 6.61 Å². The Labute approximate surface area is 131 Å². The highest BCUT2D eigenvalue weighted by molar-refractivity contribution is 5.84. The summed E-state index contributed by atoms with van der Waals surface area (Å²) in [4.78, 5) is 0. The second-order valence-corrected chi connectivity index (χ2v) is 5.64. The van der Waals surface area contributed by atoms with Gasteiger partial charge in [-0.1, -0.05) is 18.2 Å². The molecule has 0 saturated heterocycles. The van der Waals surface area contributed by atoms with Crippen molar-refractivity contribution in [3.63, 3.8) is 0 Å².